The highest BCUT2D eigenvalue weighted by Crippen LogP contribution is 2.53. The largest absolute Gasteiger partial charge is 0.496 e. The summed E-state index contributed by atoms with van der Waals surface area (Å²) in [4.78, 5) is 43.4. The topological polar surface area (TPSA) is 96.2 Å². The molecule has 0 spiro atoms. The van der Waals surface area contributed by atoms with Crippen molar-refractivity contribution in [1.29, 1.82) is 0 Å². The highest BCUT2D eigenvalue weighted by molar-refractivity contribution is 6.30. The van der Waals surface area contributed by atoms with E-state index in [0.717, 1.165) is 17.7 Å². The number of allylic oxidation sites excluding steroid dienone is 2. The third-order valence-electron chi connectivity index (χ3n) is 8.23. The first-order chi connectivity index (χ1) is 17.9. The number of carbonyl (C=O) groups is 2. The van der Waals surface area contributed by atoms with Crippen LogP contribution in [0.5, 0.6) is 5.75 Å². The number of ether oxygens (including phenoxy) is 1. The van der Waals surface area contributed by atoms with Crippen LogP contribution in [0, 0.1) is 33.8 Å². The normalized spacial score (nSPS) is 26.8. The van der Waals surface area contributed by atoms with E-state index in [-0.39, 0.29) is 46.9 Å². The second-order valence-corrected chi connectivity index (χ2v) is 10.6. The lowest BCUT2D eigenvalue weighted by Crippen LogP contribution is -2.46. The number of nitro benzene ring substituents is 1. The number of benzene rings is 2. The molecular weight excluding hydrogens is 496 g/mol. The fourth-order valence-electron chi connectivity index (χ4n) is 6.48. The molecule has 37 heavy (non-hydrogen) atoms. The molecule has 2 amide bonds. The van der Waals surface area contributed by atoms with Crippen LogP contribution >= 0.6 is 11.6 Å². The third-order valence-corrected chi connectivity index (χ3v) is 8.47. The number of fused-ring (bicyclic) bond motifs is 5. The summed E-state index contributed by atoms with van der Waals surface area (Å²) >= 11 is 6.17. The van der Waals surface area contributed by atoms with Crippen molar-refractivity contribution in [3.8, 4) is 5.75 Å². The minimum atomic E-state index is -0.431. The highest BCUT2D eigenvalue weighted by atomic mass is 35.5. The van der Waals surface area contributed by atoms with Crippen molar-refractivity contribution in [1.82, 2.24) is 4.90 Å². The zero-order valence-electron chi connectivity index (χ0n) is 20.4. The molecule has 192 valence electrons. The molecule has 4 aliphatic rings. The van der Waals surface area contributed by atoms with E-state index in [1.807, 2.05) is 29.2 Å². The van der Waals surface area contributed by atoms with Crippen LogP contribution in [0.3, 0.4) is 0 Å². The highest BCUT2D eigenvalue weighted by Gasteiger charge is 2.59. The van der Waals surface area contributed by atoms with Crippen LogP contribution in [0.25, 0.3) is 0 Å². The van der Waals surface area contributed by atoms with Crippen LogP contribution < -0.4 is 14.5 Å². The predicted molar refractivity (Wildman–Crippen MR) is 139 cm³/mol. The summed E-state index contributed by atoms with van der Waals surface area (Å²) in [5.41, 5.74) is 1.68. The molecule has 2 bridgehead atoms. The average Bonchev–Trinajstić information content (AvgIpc) is 3.58. The Hall–Kier alpha value is -3.43. The summed E-state index contributed by atoms with van der Waals surface area (Å²) < 4.78 is 5.46. The Morgan fingerprint density at radius 2 is 1.68 bits per heavy atom. The molecule has 2 aromatic rings. The van der Waals surface area contributed by atoms with Crippen molar-refractivity contribution in [2.75, 3.05) is 43.1 Å². The summed E-state index contributed by atoms with van der Waals surface area (Å²) in [5, 5.41) is 12.7. The van der Waals surface area contributed by atoms with E-state index in [0.29, 0.717) is 43.4 Å². The predicted octanol–water partition coefficient (Wildman–Crippen LogP) is 3.89. The van der Waals surface area contributed by atoms with Gasteiger partial charge in [-0.2, -0.15) is 0 Å². The number of halogens is 1. The van der Waals surface area contributed by atoms with E-state index < -0.39 is 4.92 Å². The molecule has 2 aromatic carbocycles. The zero-order valence-corrected chi connectivity index (χ0v) is 21.1. The average molecular weight is 523 g/mol. The number of hydrogen-bond acceptors (Lipinski definition) is 7. The molecule has 4 unspecified atom stereocenters. The van der Waals surface area contributed by atoms with E-state index in [1.165, 1.54) is 11.0 Å². The lowest BCUT2D eigenvalue weighted by atomic mass is 9.85. The van der Waals surface area contributed by atoms with Crippen LogP contribution in [-0.4, -0.2) is 54.9 Å². The number of carbonyl (C=O) groups excluding carboxylic acids is 2. The molecule has 2 aliphatic heterocycles. The van der Waals surface area contributed by atoms with E-state index in [9.17, 15) is 19.7 Å². The lowest BCUT2D eigenvalue weighted by molar-refractivity contribution is -0.384. The number of anilines is 2. The molecule has 0 aromatic heterocycles. The molecule has 9 nitrogen and oxygen atoms in total. The smallest absolute Gasteiger partial charge is 0.294 e. The van der Waals surface area contributed by atoms with Gasteiger partial charge in [0.15, 0.2) is 0 Å². The van der Waals surface area contributed by atoms with Crippen LogP contribution in [0.15, 0.2) is 48.6 Å². The van der Waals surface area contributed by atoms with Gasteiger partial charge in [0.25, 0.3) is 5.69 Å². The van der Waals surface area contributed by atoms with Crippen LogP contribution in [0.2, 0.25) is 5.02 Å². The summed E-state index contributed by atoms with van der Waals surface area (Å²) in [6.45, 7) is 3.28. The third kappa shape index (κ3) is 3.97. The number of rotatable bonds is 6. The van der Waals surface area contributed by atoms with E-state index in [2.05, 4.69) is 4.90 Å². The Morgan fingerprint density at radius 3 is 2.30 bits per heavy atom. The van der Waals surface area contributed by atoms with Crippen molar-refractivity contribution in [2.24, 2.45) is 23.7 Å². The number of nitrogens with zero attached hydrogens (tertiary/aromatic N) is 4. The van der Waals surface area contributed by atoms with E-state index >= 15 is 0 Å². The second-order valence-electron chi connectivity index (χ2n) is 10.2. The van der Waals surface area contributed by atoms with E-state index in [1.54, 1.807) is 25.3 Å². The van der Waals surface area contributed by atoms with Crippen LogP contribution in [0.1, 0.15) is 12.0 Å². The molecule has 2 saturated heterocycles. The number of nitro groups is 1. The molecule has 0 radical (unpaired) electrons. The quantitative estimate of drug-likeness (QED) is 0.246. The summed E-state index contributed by atoms with van der Waals surface area (Å²) in [5.74, 6) is -0.197. The Labute approximate surface area is 219 Å². The Bertz CT molecular complexity index is 1290. The van der Waals surface area contributed by atoms with Crippen LogP contribution in [-0.2, 0) is 16.1 Å². The molecule has 2 heterocycles. The molecule has 1 saturated carbocycles. The van der Waals surface area contributed by atoms with E-state index in [4.69, 9.17) is 16.3 Å². The molecule has 0 N–H and O–H groups in total. The summed E-state index contributed by atoms with van der Waals surface area (Å²) in [7, 11) is 1.63. The number of piperazine rings is 1. The van der Waals surface area contributed by atoms with Gasteiger partial charge in [-0.1, -0.05) is 23.8 Å². The van der Waals surface area contributed by atoms with Gasteiger partial charge in [-0.15, -0.1) is 0 Å². The zero-order chi connectivity index (χ0) is 25.8. The van der Waals surface area contributed by atoms with Gasteiger partial charge in [-0.05, 0) is 48.6 Å². The van der Waals surface area contributed by atoms with Crippen LogP contribution in [0.4, 0.5) is 17.1 Å². The molecular formula is C27H27ClN4O5. The molecule has 2 aliphatic carbocycles. The van der Waals surface area contributed by atoms with Gasteiger partial charge >= 0.3 is 0 Å². The van der Waals surface area contributed by atoms with Gasteiger partial charge in [-0.3, -0.25) is 24.6 Å². The fraction of sp³-hybridized carbons (Fsp3) is 0.407. The maximum Gasteiger partial charge on any atom is 0.294 e. The van der Waals surface area contributed by atoms with Gasteiger partial charge in [0.1, 0.15) is 11.4 Å². The standard InChI is InChI=1S/C27H27ClN4O5/c1-37-23-7-4-19(28)13-18(23)15-29-8-10-30(11-9-29)21-6-5-20(14-22(21)32(35)36)31-26(33)24-16-2-3-17(12-16)25(24)27(31)34/h2-7,13-14,16-17,24-25H,8-12,15H2,1H3. The Morgan fingerprint density at radius 1 is 1.00 bits per heavy atom. The van der Waals surface area contributed by atoms with Gasteiger partial charge < -0.3 is 9.64 Å². The van der Waals surface area contributed by atoms with Gasteiger partial charge in [0, 0.05) is 49.4 Å². The second kappa shape index (κ2) is 9.15. The molecule has 6 rings (SSSR count). The number of imide groups is 1. The molecule has 10 heteroatoms. The molecule has 4 atom stereocenters. The maximum atomic E-state index is 13.2. The Balaban J connectivity index is 1.19. The minimum Gasteiger partial charge on any atom is -0.496 e. The molecule has 3 fully saturated rings. The lowest BCUT2D eigenvalue weighted by Gasteiger charge is -2.36. The summed E-state index contributed by atoms with van der Waals surface area (Å²) in [6.07, 6.45) is 4.91. The number of hydrogen-bond donors (Lipinski definition) is 0. The maximum absolute atomic E-state index is 13.2. The first kappa shape index (κ1) is 23.9. The van der Waals surface area contributed by atoms with Gasteiger partial charge in [0.05, 0.1) is 29.6 Å². The SMILES string of the molecule is COc1ccc(Cl)cc1CN1CCN(c2ccc(N3C(=O)C4C5C=CC(C5)C4C3=O)cc2[N+](=O)[O-])CC1. The van der Waals surface area contributed by atoms with Gasteiger partial charge in [0.2, 0.25) is 11.8 Å². The fourth-order valence-corrected chi connectivity index (χ4v) is 6.67. The monoisotopic (exact) mass is 522 g/mol. The first-order valence-corrected chi connectivity index (χ1v) is 12.9. The van der Waals surface area contributed by atoms with Gasteiger partial charge in [-0.25, -0.2) is 4.90 Å². The van der Waals surface area contributed by atoms with Crippen molar-refractivity contribution in [3.05, 3.63) is 69.3 Å². The Kier molecular flexibility index (Phi) is 5.92. The minimum absolute atomic E-state index is 0.0916. The first-order valence-electron chi connectivity index (χ1n) is 12.5. The van der Waals surface area contributed by atoms with Crippen molar-refractivity contribution in [3.63, 3.8) is 0 Å². The van der Waals surface area contributed by atoms with Crippen molar-refractivity contribution >= 4 is 40.5 Å². The number of amides is 2. The van der Waals surface area contributed by atoms with Crippen molar-refractivity contribution < 1.29 is 19.2 Å². The number of methoxy groups -OCH3 is 1. The summed E-state index contributed by atoms with van der Waals surface area (Å²) in [6, 6.07) is 10.3. The van der Waals surface area contributed by atoms with Crippen molar-refractivity contribution in [2.45, 2.75) is 13.0 Å².